The van der Waals surface area contributed by atoms with Crippen molar-refractivity contribution in [1.82, 2.24) is 0 Å². The molecular formula is C15H12O4. The van der Waals surface area contributed by atoms with Crippen LogP contribution in [-0.4, -0.2) is 12.8 Å². The Labute approximate surface area is 110 Å². The van der Waals surface area contributed by atoms with Gasteiger partial charge in [-0.05, 0) is 23.8 Å². The molecule has 4 nitrogen and oxygen atoms in total. The number of hydrogen-bond donors (Lipinski definition) is 0. The highest BCUT2D eigenvalue weighted by molar-refractivity contribution is 5.76. The lowest BCUT2D eigenvalue weighted by Crippen LogP contribution is -2.01. The molecule has 1 heterocycles. The SMILES string of the molecule is CC(=O)Oc1cccc(-c2cccc3c2OCO3)c1. The van der Waals surface area contributed by atoms with Gasteiger partial charge in [0.15, 0.2) is 11.5 Å². The summed E-state index contributed by atoms with van der Waals surface area (Å²) in [7, 11) is 0. The number of carbonyl (C=O) groups excluding carboxylic acids is 1. The van der Waals surface area contributed by atoms with E-state index in [2.05, 4.69) is 0 Å². The van der Waals surface area contributed by atoms with Crippen molar-refractivity contribution in [2.24, 2.45) is 0 Å². The number of esters is 1. The van der Waals surface area contributed by atoms with E-state index in [-0.39, 0.29) is 12.8 Å². The van der Waals surface area contributed by atoms with E-state index in [9.17, 15) is 4.79 Å². The van der Waals surface area contributed by atoms with Crippen LogP contribution < -0.4 is 14.2 Å². The standard InChI is InChI=1S/C15H12O4/c1-10(16)19-12-5-2-4-11(8-12)13-6-3-7-14-15(13)18-9-17-14/h2-8H,9H2,1H3. The quantitative estimate of drug-likeness (QED) is 0.612. The zero-order valence-electron chi connectivity index (χ0n) is 10.4. The van der Waals surface area contributed by atoms with Crippen molar-refractivity contribution in [2.75, 3.05) is 6.79 Å². The summed E-state index contributed by atoms with van der Waals surface area (Å²) < 4.78 is 15.9. The minimum Gasteiger partial charge on any atom is -0.454 e. The largest absolute Gasteiger partial charge is 0.454 e. The van der Waals surface area contributed by atoms with Crippen LogP contribution in [0.15, 0.2) is 42.5 Å². The summed E-state index contributed by atoms with van der Waals surface area (Å²) in [6, 6.07) is 13.0. The van der Waals surface area contributed by atoms with Crippen LogP contribution in [0.5, 0.6) is 17.2 Å². The van der Waals surface area contributed by atoms with Gasteiger partial charge in [-0.15, -0.1) is 0 Å². The van der Waals surface area contributed by atoms with E-state index in [1.165, 1.54) is 6.92 Å². The summed E-state index contributed by atoms with van der Waals surface area (Å²) >= 11 is 0. The molecule has 96 valence electrons. The average Bonchev–Trinajstić information content (AvgIpc) is 2.86. The molecule has 1 aliphatic heterocycles. The van der Waals surface area contributed by atoms with E-state index >= 15 is 0 Å². The summed E-state index contributed by atoms with van der Waals surface area (Å²) in [5, 5.41) is 0. The molecule has 19 heavy (non-hydrogen) atoms. The second-order valence-corrected chi connectivity index (χ2v) is 4.16. The maximum absolute atomic E-state index is 11.0. The minimum absolute atomic E-state index is 0.232. The van der Waals surface area contributed by atoms with Crippen LogP contribution >= 0.6 is 0 Å². The number of rotatable bonds is 2. The third kappa shape index (κ3) is 2.25. The Bertz CT molecular complexity index is 634. The van der Waals surface area contributed by atoms with Gasteiger partial charge in [0, 0.05) is 12.5 Å². The predicted octanol–water partition coefficient (Wildman–Crippen LogP) is 3.01. The van der Waals surface area contributed by atoms with Gasteiger partial charge < -0.3 is 14.2 Å². The lowest BCUT2D eigenvalue weighted by molar-refractivity contribution is -0.131. The fourth-order valence-electron chi connectivity index (χ4n) is 2.05. The maximum Gasteiger partial charge on any atom is 0.308 e. The van der Waals surface area contributed by atoms with Crippen LogP contribution in [0.4, 0.5) is 0 Å². The van der Waals surface area contributed by atoms with Crippen LogP contribution in [0, 0.1) is 0 Å². The average molecular weight is 256 g/mol. The number of para-hydroxylation sites is 1. The Morgan fingerprint density at radius 3 is 2.84 bits per heavy atom. The van der Waals surface area contributed by atoms with E-state index in [4.69, 9.17) is 14.2 Å². The second-order valence-electron chi connectivity index (χ2n) is 4.16. The lowest BCUT2D eigenvalue weighted by atomic mass is 10.0. The summed E-state index contributed by atoms with van der Waals surface area (Å²) in [5.41, 5.74) is 1.84. The summed E-state index contributed by atoms with van der Waals surface area (Å²) in [4.78, 5) is 11.0. The Hall–Kier alpha value is -2.49. The third-order valence-electron chi connectivity index (χ3n) is 2.80. The number of fused-ring (bicyclic) bond motifs is 1. The number of hydrogen-bond acceptors (Lipinski definition) is 4. The second kappa shape index (κ2) is 4.65. The third-order valence-corrected chi connectivity index (χ3v) is 2.80. The van der Waals surface area contributed by atoms with Crippen molar-refractivity contribution < 1.29 is 19.0 Å². The first-order valence-corrected chi connectivity index (χ1v) is 5.91. The normalized spacial score (nSPS) is 12.3. The zero-order valence-corrected chi connectivity index (χ0v) is 10.4. The molecule has 4 heteroatoms. The molecule has 0 amide bonds. The first-order chi connectivity index (χ1) is 9.24. The van der Waals surface area contributed by atoms with E-state index in [0.29, 0.717) is 5.75 Å². The number of carbonyl (C=O) groups is 1. The molecule has 0 radical (unpaired) electrons. The van der Waals surface area contributed by atoms with E-state index in [1.807, 2.05) is 30.3 Å². The molecule has 0 fully saturated rings. The topological polar surface area (TPSA) is 44.8 Å². The molecule has 0 spiro atoms. The first kappa shape index (κ1) is 11.6. The van der Waals surface area contributed by atoms with Crippen LogP contribution in [0.2, 0.25) is 0 Å². The van der Waals surface area contributed by atoms with E-state index in [0.717, 1.165) is 22.6 Å². The Morgan fingerprint density at radius 2 is 2.00 bits per heavy atom. The van der Waals surface area contributed by atoms with Crippen molar-refractivity contribution in [1.29, 1.82) is 0 Å². The molecule has 0 atom stereocenters. The monoisotopic (exact) mass is 256 g/mol. The molecule has 3 rings (SSSR count). The van der Waals surface area contributed by atoms with Crippen molar-refractivity contribution >= 4 is 5.97 Å². The smallest absolute Gasteiger partial charge is 0.308 e. The van der Waals surface area contributed by atoms with Crippen LogP contribution in [0.1, 0.15) is 6.92 Å². The van der Waals surface area contributed by atoms with Crippen LogP contribution in [0.25, 0.3) is 11.1 Å². The number of benzene rings is 2. The highest BCUT2D eigenvalue weighted by atomic mass is 16.7. The van der Waals surface area contributed by atoms with E-state index in [1.54, 1.807) is 12.1 Å². The Kier molecular flexibility index (Phi) is 2.83. The fourth-order valence-corrected chi connectivity index (χ4v) is 2.05. The summed E-state index contributed by atoms with van der Waals surface area (Å²) in [6.07, 6.45) is 0. The van der Waals surface area contributed by atoms with Crippen molar-refractivity contribution in [3.63, 3.8) is 0 Å². The van der Waals surface area contributed by atoms with Gasteiger partial charge in [0.1, 0.15) is 5.75 Å². The van der Waals surface area contributed by atoms with Crippen LogP contribution in [0.3, 0.4) is 0 Å². The minimum atomic E-state index is -0.338. The van der Waals surface area contributed by atoms with Crippen molar-refractivity contribution in [2.45, 2.75) is 6.92 Å². The molecule has 0 saturated carbocycles. The van der Waals surface area contributed by atoms with Gasteiger partial charge in [0.05, 0.1) is 0 Å². The fraction of sp³-hybridized carbons (Fsp3) is 0.133. The van der Waals surface area contributed by atoms with E-state index < -0.39 is 0 Å². The molecular weight excluding hydrogens is 244 g/mol. The Balaban J connectivity index is 2.03. The molecule has 0 bridgehead atoms. The van der Waals surface area contributed by atoms with Crippen molar-refractivity contribution in [3.05, 3.63) is 42.5 Å². The summed E-state index contributed by atoms with van der Waals surface area (Å²) in [6.45, 7) is 1.61. The van der Waals surface area contributed by atoms with Gasteiger partial charge in [-0.1, -0.05) is 24.3 Å². The molecule has 1 aliphatic rings. The highest BCUT2D eigenvalue weighted by Crippen LogP contribution is 2.41. The first-order valence-electron chi connectivity index (χ1n) is 5.91. The Morgan fingerprint density at radius 1 is 1.16 bits per heavy atom. The van der Waals surface area contributed by atoms with Gasteiger partial charge in [0.25, 0.3) is 0 Å². The highest BCUT2D eigenvalue weighted by Gasteiger charge is 2.18. The van der Waals surface area contributed by atoms with Gasteiger partial charge in [0.2, 0.25) is 6.79 Å². The molecule has 2 aromatic rings. The maximum atomic E-state index is 11.0. The molecule has 0 aliphatic carbocycles. The molecule has 2 aromatic carbocycles. The van der Waals surface area contributed by atoms with Gasteiger partial charge in [-0.2, -0.15) is 0 Å². The number of ether oxygens (including phenoxy) is 3. The van der Waals surface area contributed by atoms with Crippen molar-refractivity contribution in [3.8, 4) is 28.4 Å². The molecule has 0 unspecified atom stereocenters. The van der Waals surface area contributed by atoms with Gasteiger partial charge >= 0.3 is 5.97 Å². The summed E-state index contributed by atoms with van der Waals surface area (Å²) in [5.74, 6) is 1.63. The lowest BCUT2D eigenvalue weighted by Gasteiger charge is -2.07. The predicted molar refractivity (Wildman–Crippen MR) is 69.3 cm³/mol. The van der Waals surface area contributed by atoms with Gasteiger partial charge in [-0.25, -0.2) is 0 Å². The zero-order chi connectivity index (χ0) is 13.2. The van der Waals surface area contributed by atoms with Crippen LogP contribution in [-0.2, 0) is 4.79 Å². The van der Waals surface area contributed by atoms with Gasteiger partial charge in [-0.3, -0.25) is 4.79 Å². The molecule has 0 aromatic heterocycles. The molecule has 0 N–H and O–H groups in total. The molecule has 0 saturated heterocycles.